The molecule has 0 saturated carbocycles. The lowest BCUT2D eigenvalue weighted by Crippen LogP contribution is -2.01. The topological polar surface area (TPSA) is 96.3 Å². The summed E-state index contributed by atoms with van der Waals surface area (Å²) in [6.07, 6.45) is 0. The lowest BCUT2D eigenvalue weighted by molar-refractivity contribution is 0.374. The van der Waals surface area contributed by atoms with Crippen molar-refractivity contribution in [1.82, 2.24) is 9.97 Å². The van der Waals surface area contributed by atoms with Gasteiger partial charge in [0, 0.05) is 6.07 Å². The first-order valence-electron chi connectivity index (χ1n) is 4.90. The van der Waals surface area contributed by atoms with Crippen molar-refractivity contribution >= 4 is 11.8 Å². The van der Waals surface area contributed by atoms with Gasteiger partial charge in [-0.25, -0.2) is 0 Å². The minimum Gasteiger partial charge on any atom is -0.493 e. The fourth-order valence-corrected chi connectivity index (χ4v) is 1.33. The maximum atomic E-state index is 5.54. The smallest absolute Gasteiger partial charge is 0.226 e. The van der Waals surface area contributed by atoms with E-state index in [4.69, 9.17) is 20.9 Å². The molecule has 6 nitrogen and oxygen atoms in total. The molecule has 0 radical (unpaired) electrons. The second-order valence-electron chi connectivity index (χ2n) is 3.24. The minimum absolute atomic E-state index is 0.0647. The van der Waals surface area contributed by atoms with E-state index in [1.54, 1.807) is 19.2 Å². The number of ether oxygens (including phenoxy) is 2. The summed E-state index contributed by atoms with van der Waals surface area (Å²) in [6.45, 7) is 0. The summed E-state index contributed by atoms with van der Waals surface area (Å²) in [5, 5.41) is 0. The first-order valence-corrected chi connectivity index (χ1v) is 4.90. The molecule has 2 aromatic rings. The number of aromatic nitrogens is 2. The lowest BCUT2D eigenvalue weighted by atomic mass is 10.3. The number of benzene rings is 1. The predicted molar refractivity (Wildman–Crippen MR) is 63.9 cm³/mol. The van der Waals surface area contributed by atoms with Crippen LogP contribution in [0.3, 0.4) is 0 Å². The fourth-order valence-electron chi connectivity index (χ4n) is 1.33. The Morgan fingerprint density at radius 2 is 1.76 bits per heavy atom. The molecule has 1 aromatic heterocycles. The van der Waals surface area contributed by atoms with E-state index in [0.717, 1.165) is 0 Å². The van der Waals surface area contributed by atoms with E-state index in [0.29, 0.717) is 11.5 Å². The number of para-hydroxylation sites is 2. The van der Waals surface area contributed by atoms with Gasteiger partial charge in [0.15, 0.2) is 11.5 Å². The van der Waals surface area contributed by atoms with Crippen LogP contribution in [0.2, 0.25) is 0 Å². The number of methoxy groups -OCH3 is 1. The van der Waals surface area contributed by atoms with E-state index in [2.05, 4.69) is 9.97 Å². The highest BCUT2D eigenvalue weighted by atomic mass is 16.5. The molecule has 4 N–H and O–H groups in total. The summed E-state index contributed by atoms with van der Waals surface area (Å²) in [5.74, 6) is 1.73. The summed E-state index contributed by atoms with van der Waals surface area (Å²) in [5.41, 5.74) is 11.0. The van der Waals surface area contributed by atoms with Gasteiger partial charge < -0.3 is 20.9 Å². The summed E-state index contributed by atoms with van der Waals surface area (Å²) < 4.78 is 10.7. The van der Waals surface area contributed by atoms with Gasteiger partial charge in [-0.05, 0) is 12.1 Å². The molecule has 0 unspecified atom stereocenters. The highest BCUT2D eigenvalue weighted by Crippen LogP contribution is 2.30. The van der Waals surface area contributed by atoms with Crippen molar-refractivity contribution in [2.75, 3.05) is 18.6 Å². The Kier molecular flexibility index (Phi) is 2.95. The van der Waals surface area contributed by atoms with Crippen molar-refractivity contribution in [1.29, 1.82) is 0 Å². The Morgan fingerprint density at radius 3 is 2.41 bits per heavy atom. The largest absolute Gasteiger partial charge is 0.493 e. The molecular weight excluding hydrogens is 220 g/mol. The average molecular weight is 232 g/mol. The average Bonchev–Trinajstić information content (AvgIpc) is 2.28. The molecule has 0 aliphatic carbocycles. The van der Waals surface area contributed by atoms with Gasteiger partial charge in [0.25, 0.3) is 0 Å². The van der Waals surface area contributed by atoms with Crippen molar-refractivity contribution in [2.45, 2.75) is 0 Å². The normalized spacial score (nSPS) is 9.94. The quantitative estimate of drug-likeness (QED) is 0.831. The van der Waals surface area contributed by atoms with Gasteiger partial charge in [0.05, 0.1) is 7.11 Å². The molecule has 0 fully saturated rings. The highest BCUT2D eigenvalue weighted by Gasteiger charge is 2.06. The first-order chi connectivity index (χ1) is 8.19. The lowest BCUT2D eigenvalue weighted by Gasteiger charge is -2.09. The standard InChI is InChI=1S/C11H12N4O2/c1-16-7-4-2-3-5-8(7)17-10-6-9(12)14-11(13)15-10/h2-6H,1H3,(H4,12,13,14,15). The van der Waals surface area contributed by atoms with E-state index >= 15 is 0 Å². The molecule has 0 bridgehead atoms. The number of rotatable bonds is 3. The van der Waals surface area contributed by atoms with Gasteiger partial charge in [-0.2, -0.15) is 9.97 Å². The van der Waals surface area contributed by atoms with Crippen LogP contribution < -0.4 is 20.9 Å². The predicted octanol–water partition coefficient (Wildman–Crippen LogP) is 1.44. The Bertz CT molecular complexity index is 510. The second-order valence-corrected chi connectivity index (χ2v) is 3.24. The van der Waals surface area contributed by atoms with Gasteiger partial charge in [-0.3, -0.25) is 0 Å². The zero-order valence-electron chi connectivity index (χ0n) is 9.25. The van der Waals surface area contributed by atoms with Crippen LogP contribution in [0.25, 0.3) is 0 Å². The second kappa shape index (κ2) is 4.56. The Morgan fingerprint density at radius 1 is 1.06 bits per heavy atom. The van der Waals surface area contributed by atoms with Crippen LogP contribution in [-0.2, 0) is 0 Å². The molecule has 17 heavy (non-hydrogen) atoms. The molecule has 0 atom stereocenters. The van der Waals surface area contributed by atoms with Gasteiger partial charge >= 0.3 is 0 Å². The number of nitrogen functional groups attached to an aromatic ring is 2. The maximum absolute atomic E-state index is 5.54. The summed E-state index contributed by atoms with van der Waals surface area (Å²) in [6, 6.07) is 8.69. The Labute approximate surface area is 98.2 Å². The molecule has 0 aliphatic heterocycles. The van der Waals surface area contributed by atoms with Gasteiger partial charge in [-0.15, -0.1) is 0 Å². The van der Waals surface area contributed by atoms with Crippen LogP contribution in [0, 0.1) is 0 Å². The summed E-state index contributed by atoms with van der Waals surface area (Å²) in [4.78, 5) is 7.67. The van der Waals surface area contributed by atoms with E-state index in [9.17, 15) is 0 Å². The van der Waals surface area contributed by atoms with Crippen LogP contribution in [0.5, 0.6) is 17.4 Å². The molecule has 0 saturated heterocycles. The minimum atomic E-state index is 0.0647. The summed E-state index contributed by atoms with van der Waals surface area (Å²) in [7, 11) is 1.56. The Balaban J connectivity index is 2.31. The number of anilines is 2. The maximum Gasteiger partial charge on any atom is 0.226 e. The van der Waals surface area contributed by atoms with E-state index in [-0.39, 0.29) is 17.6 Å². The number of nitrogens with zero attached hydrogens (tertiary/aromatic N) is 2. The van der Waals surface area contributed by atoms with E-state index in [1.807, 2.05) is 12.1 Å². The third-order valence-corrected chi connectivity index (χ3v) is 2.02. The van der Waals surface area contributed by atoms with Crippen molar-refractivity contribution in [3.8, 4) is 17.4 Å². The molecule has 6 heteroatoms. The molecule has 1 aromatic carbocycles. The molecule has 1 heterocycles. The zero-order chi connectivity index (χ0) is 12.3. The third-order valence-electron chi connectivity index (χ3n) is 2.02. The summed E-state index contributed by atoms with van der Waals surface area (Å²) >= 11 is 0. The number of nitrogens with two attached hydrogens (primary N) is 2. The molecule has 0 aliphatic rings. The van der Waals surface area contributed by atoms with Gasteiger partial charge in [-0.1, -0.05) is 12.1 Å². The van der Waals surface area contributed by atoms with Gasteiger partial charge in [0.1, 0.15) is 5.82 Å². The van der Waals surface area contributed by atoms with Crippen LogP contribution in [0.1, 0.15) is 0 Å². The number of hydrogen-bond acceptors (Lipinski definition) is 6. The van der Waals surface area contributed by atoms with Gasteiger partial charge in [0.2, 0.25) is 11.8 Å². The Hall–Kier alpha value is -2.50. The zero-order valence-corrected chi connectivity index (χ0v) is 9.25. The molecular formula is C11H12N4O2. The molecule has 0 amide bonds. The molecule has 88 valence electrons. The van der Waals surface area contributed by atoms with Crippen LogP contribution in [0.15, 0.2) is 30.3 Å². The van der Waals surface area contributed by atoms with Crippen molar-refractivity contribution in [3.05, 3.63) is 30.3 Å². The SMILES string of the molecule is COc1ccccc1Oc1cc(N)nc(N)n1. The van der Waals surface area contributed by atoms with Crippen LogP contribution >= 0.6 is 0 Å². The monoisotopic (exact) mass is 232 g/mol. The highest BCUT2D eigenvalue weighted by molar-refractivity contribution is 5.44. The van der Waals surface area contributed by atoms with Crippen molar-refractivity contribution in [3.63, 3.8) is 0 Å². The van der Waals surface area contributed by atoms with Crippen LogP contribution in [0.4, 0.5) is 11.8 Å². The van der Waals surface area contributed by atoms with E-state index < -0.39 is 0 Å². The van der Waals surface area contributed by atoms with Crippen LogP contribution in [-0.4, -0.2) is 17.1 Å². The van der Waals surface area contributed by atoms with Crippen molar-refractivity contribution < 1.29 is 9.47 Å². The molecule has 2 rings (SSSR count). The third kappa shape index (κ3) is 2.54. The first kappa shape index (κ1) is 11.0. The fraction of sp³-hybridized carbons (Fsp3) is 0.0909. The number of hydrogen-bond donors (Lipinski definition) is 2. The molecule has 0 spiro atoms. The van der Waals surface area contributed by atoms with E-state index in [1.165, 1.54) is 6.07 Å². The van der Waals surface area contributed by atoms with Crippen molar-refractivity contribution in [2.24, 2.45) is 0 Å².